The van der Waals surface area contributed by atoms with Crippen molar-refractivity contribution in [2.45, 2.75) is 51.0 Å². The third kappa shape index (κ3) is 5.42. The van der Waals surface area contributed by atoms with Gasteiger partial charge in [0.1, 0.15) is 17.3 Å². The molecule has 0 spiro atoms. The van der Waals surface area contributed by atoms with Gasteiger partial charge in [-0.3, -0.25) is 4.98 Å². The van der Waals surface area contributed by atoms with E-state index in [4.69, 9.17) is 19.4 Å². The number of hydrogen-bond acceptors (Lipinski definition) is 6. The Morgan fingerprint density at radius 2 is 1.38 bits per heavy atom. The molecular weight excluding hydrogens is 697 g/mol. The van der Waals surface area contributed by atoms with Gasteiger partial charge in [-0.1, -0.05) is 43.5 Å². The van der Waals surface area contributed by atoms with Gasteiger partial charge in [0.05, 0.1) is 46.5 Å². The smallest absolute Gasteiger partial charge is 0.337 e. The predicted octanol–water partition coefficient (Wildman–Crippen LogP) is 10.9. The van der Waals surface area contributed by atoms with E-state index in [9.17, 15) is 9.90 Å². The van der Waals surface area contributed by atoms with Gasteiger partial charge in [0.25, 0.3) is 0 Å². The number of ether oxygens (including phenoxy) is 2. The minimum atomic E-state index is -0.989. The predicted molar refractivity (Wildman–Crippen MR) is 220 cm³/mol. The summed E-state index contributed by atoms with van der Waals surface area (Å²) in [6.07, 6.45) is 9.04. The lowest BCUT2D eigenvalue weighted by Gasteiger charge is -2.26. The van der Waals surface area contributed by atoms with Crippen LogP contribution in [0.25, 0.3) is 77.7 Å². The van der Waals surface area contributed by atoms with E-state index in [0.717, 1.165) is 123 Å². The first kappa shape index (κ1) is 32.9. The Morgan fingerprint density at radius 3 is 2.18 bits per heavy atom. The van der Waals surface area contributed by atoms with Gasteiger partial charge in [0.15, 0.2) is 0 Å². The highest BCUT2D eigenvalue weighted by Crippen LogP contribution is 2.45. The van der Waals surface area contributed by atoms with Crippen LogP contribution in [-0.2, 0) is 12.8 Å². The number of hydrogen-bond donors (Lipinski definition) is 1. The first-order valence-electron chi connectivity index (χ1n) is 19.7. The van der Waals surface area contributed by atoms with Gasteiger partial charge in [-0.2, -0.15) is 0 Å². The maximum Gasteiger partial charge on any atom is 0.337 e. The van der Waals surface area contributed by atoms with E-state index >= 15 is 0 Å². The number of benzene rings is 5. The van der Waals surface area contributed by atoms with Gasteiger partial charge >= 0.3 is 5.97 Å². The molecule has 1 saturated carbocycles. The molecule has 8 heteroatoms. The van der Waals surface area contributed by atoms with Crippen LogP contribution in [0.3, 0.4) is 0 Å². The van der Waals surface area contributed by atoms with Crippen LogP contribution < -0.4 is 9.47 Å². The monoisotopic (exact) mass is 734 g/mol. The van der Waals surface area contributed by atoms with Crippen LogP contribution in [0.4, 0.5) is 0 Å². The van der Waals surface area contributed by atoms with E-state index in [1.54, 1.807) is 6.20 Å². The molecule has 0 amide bonds. The van der Waals surface area contributed by atoms with Crippen molar-refractivity contribution in [3.63, 3.8) is 0 Å². The number of fused-ring (bicyclic) bond motifs is 5. The van der Waals surface area contributed by atoms with Crippen LogP contribution in [0.2, 0.25) is 0 Å². The Kier molecular flexibility index (Phi) is 7.66. The minimum absolute atomic E-state index is 0.217. The molecule has 0 saturated heterocycles. The summed E-state index contributed by atoms with van der Waals surface area (Å²) in [7, 11) is 0. The molecule has 0 bridgehead atoms. The number of aromatic carboxylic acids is 1. The maximum atomic E-state index is 13.6. The molecule has 0 unspecified atom stereocenters. The quantitative estimate of drug-likeness (QED) is 0.181. The van der Waals surface area contributed by atoms with Crippen molar-refractivity contribution >= 4 is 38.8 Å². The second-order valence-corrected chi connectivity index (χ2v) is 15.3. The van der Waals surface area contributed by atoms with Crippen LogP contribution in [0.15, 0.2) is 109 Å². The first-order chi connectivity index (χ1) is 27.6. The molecule has 1 fully saturated rings. The van der Waals surface area contributed by atoms with Gasteiger partial charge < -0.3 is 19.1 Å². The van der Waals surface area contributed by atoms with Crippen molar-refractivity contribution in [2.24, 2.45) is 0 Å². The highest BCUT2D eigenvalue weighted by atomic mass is 16.5. The number of imidazole rings is 1. The van der Waals surface area contributed by atoms with Crippen LogP contribution in [0.1, 0.15) is 59.6 Å². The number of carboxylic acid groups (broad SMARTS) is 1. The number of nitrogens with zero attached hydrogens (tertiary/aromatic N) is 4. The van der Waals surface area contributed by atoms with E-state index in [1.807, 2.05) is 42.5 Å². The fourth-order valence-electron chi connectivity index (χ4n) is 9.23. The molecule has 3 aliphatic rings. The van der Waals surface area contributed by atoms with E-state index in [1.165, 1.54) is 12.0 Å². The molecule has 8 aromatic rings. The molecule has 2 aliphatic heterocycles. The van der Waals surface area contributed by atoms with Crippen LogP contribution in [0, 0.1) is 0 Å². The summed E-state index contributed by atoms with van der Waals surface area (Å²) < 4.78 is 14.0. The number of rotatable bonds is 6. The van der Waals surface area contributed by atoms with Crippen molar-refractivity contribution in [1.29, 1.82) is 0 Å². The second-order valence-electron chi connectivity index (χ2n) is 15.3. The minimum Gasteiger partial charge on any atom is -0.493 e. The molecule has 5 aromatic carbocycles. The van der Waals surface area contributed by atoms with E-state index < -0.39 is 5.97 Å². The summed E-state index contributed by atoms with van der Waals surface area (Å²) in [6, 6.07) is 35.3. The lowest BCUT2D eigenvalue weighted by atomic mass is 9.88. The second kappa shape index (κ2) is 13.0. The Balaban J connectivity index is 1.15. The zero-order valence-corrected chi connectivity index (χ0v) is 30.8. The average Bonchev–Trinajstić information content (AvgIpc) is 4.01. The average molecular weight is 735 g/mol. The molecule has 11 rings (SSSR count). The molecule has 1 aliphatic carbocycles. The third-order valence-electron chi connectivity index (χ3n) is 12.0. The van der Waals surface area contributed by atoms with E-state index in [-0.39, 0.29) is 11.6 Å². The summed E-state index contributed by atoms with van der Waals surface area (Å²) in [6.45, 7) is 1.35. The van der Waals surface area contributed by atoms with Crippen LogP contribution >= 0.6 is 0 Å². The topological polar surface area (TPSA) is 99.4 Å². The SMILES string of the molecule is O=C(O)c1c(-c2ccc3c(c2)CCO3)cc2c(nc(-c3ccc4nc(-c5ccc6c(c5)CCO6)ccc4c3)n2C2CCCCC2)c1-c1ccc2ncccc2c1. The number of aromatic nitrogens is 4. The van der Waals surface area contributed by atoms with Gasteiger partial charge in [-0.25, -0.2) is 14.8 Å². The third-order valence-corrected chi connectivity index (χ3v) is 12.0. The fourth-order valence-corrected chi connectivity index (χ4v) is 9.23. The van der Waals surface area contributed by atoms with Crippen molar-refractivity contribution in [1.82, 2.24) is 19.5 Å². The Bertz CT molecular complexity index is 2910. The van der Waals surface area contributed by atoms with Gasteiger partial charge in [-0.15, -0.1) is 0 Å². The van der Waals surface area contributed by atoms with E-state index in [2.05, 4.69) is 70.2 Å². The molecule has 274 valence electrons. The molecular formula is C48H38N4O4. The highest BCUT2D eigenvalue weighted by Gasteiger charge is 2.30. The summed E-state index contributed by atoms with van der Waals surface area (Å²) in [4.78, 5) is 28.8. The Morgan fingerprint density at radius 1 is 0.679 bits per heavy atom. The highest BCUT2D eigenvalue weighted by molar-refractivity contribution is 6.12. The lowest BCUT2D eigenvalue weighted by molar-refractivity contribution is 0.0698. The van der Waals surface area contributed by atoms with Crippen molar-refractivity contribution in [2.75, 3.05) is 13.2 Å². The molecule has 0 atom stereocenters. The normalized spacial score (nSPS) is 15.2. The fraction of sp³-hybridized carbons (Fsp3) is 0.208. The zero-order chi connectivity index (χ0) is 37.3. The Labute approximate surface area is 323 Å². The number of carboxylic acids is 1. The Hall–Kier alpha value is -6.54. The lowest BCUT2D eigenvalue weighted by Crippen LogP contribution is -2.14. The van der Waals surface area contributed by atoms with Crippen LogP contribution in [0.5, 0.6) is 11.5 Å². The molecule has 0 radical (unpaired) electrons. The summed E-state index contributed by atoms with van der Waals surface area (Å²) in [5.74, 6) is 1.68. The van der Waals surface area contributed by atoms with E-state index in [0.29, 0.717) is 23.3 Å². The van der Waals surface area contributed by atoms with Crippen LogP contribution in [-0.4, -0.2) is 43.8 Å². The molecule has 3 aromatic heterocycles. The maximum absolute atomic E-state index is 13.6. The molecule has 8 nitrogen and oxygen atoms in total. The number of carbonyl (C=O) groups is 1. The van der Waals surface area contributed by atoms with Gasteiger partial charge in [-0.05, 0) is 120 Å². The summed E-state index contributed by atoms with van der Waals surface area (Å²) >= 11 is 0. The number of pyridine rings is 2. The summed E-state index contributed by atoms with van der Waals surface area (Å²) in [5.41, 5.74) is 11.9. The summed E-state index contributed by atoms with van der Waals surface area (Å²) in [5, 5.41) is 13.1. The van der Waals surface area contributed by atoms with Crippen molar-refractivity contribution < 1.29 is 19.4 Å². The standard InChI is InChI=1S/C48H38N4O4/c53-48(54)45-37(28-11-16-42-32(23-28)18-21-55-42)27-41-46(44(45)34-9-13-38-29(25-34)5-4-20-49-38)51-47(52(41)36-6-2-1-3-7-36)35-10-15-40-30(26-35)8-14-39(50-40)31-12-17-43-33(24-31)19-22-56-43/h4-5,8-17,20,23-27,36H,1-3,6-7,18-19,21-22H2,(H,53,54). The molecule has 1 N–H and O–H groups in total. The van der Waals surface area contributed by atoms with Crippen molar-refractivity contribution in [3.05, 3.63) is 126 Å². The van der Waals surface area contributed by atoms with Crippen molar-refractivity contribution in [3.8, 4) is 56.4 Å². The van der Waals surface area contributed by atoms with Gasteiger partial charge in [0, 0.05) is 52.5 Å². The largest absolute Gasteiger partial charge is 0.493 e. The first-order valence-corrected chi connectivity index (χ1v) is 19.7. The zero-order valence-electron chi connectivity index (χ0n) is 30.8. The van der Waals surface area contributed by atoms with Gasteiger partial charge in [0.2, 0.25) is 0 Å². The molecule has 56 heavy (non-hydrogen) atoms. The molecule has 5 heterocycles.